The van der Waals surface area contributed by atoms with E-state index in [1.54, 1.807) is 12.1 Å². The quantitative estimate of drug-likeness (QED) is 0.758. The van der Waals surface area contributed by atoms with Gasteiger partial charge in [0.1, 0.15) is 0 Å². The SMILES string of the molecule is CS(=O)(=O)N=Cc1ccc(Cl)cc1Cl. The predicted octanol–water partition coefficient (Wildman–Crippen LogP) is 2.37. The van der Waals surface area contributed by atoms with Crippen LogP contribution in [0.25, 0.3) is 0 Å². The van der Waals surface area contributed by atoms with Crippen molar-refractivity contribution in [1.82, 2.24) is 0 Å². The monoisotopic (exact) mass is 251 g/mol. The maximum absolute atomic E-state index is 10.7. The molecule has 0 aliphatic heterocycles. The van der Waals surface area contributed by atoms with E-state index in [4.69, 9.17) is 23.2 Å². The normalized spacial score (nSPS) is 12.2. The highest BCUT2D eigenvalue weighted by Crippen LogP contribution is 2.19. The van der Waals surface area contributed by atoms with Crippen molar-refractivity contribution in [2.75, 3.05) is 6.26 Å². The van der Waals surface area contributed by atoms with Crippen molar-refractivity contribution in [1.29, 1.82) is 0 Å². The molecule has 0 atom stereocenters. The molecular formula is C8H7Cl2NO2S. The lowest BCUT2D eigenvalue weighted by atomic mass is 10.2. The highest BCUT2D eigenvalue weighted by Gasteiger charge is 2.00. The molecule has 6 heteroatoms. The second kappa shape index (κ2) is 4.29. The maximum atomic E-state index is 10.7. The molecule has 0 spiro atoms. The van der Waals surface area contributed by atoms with Crippen LogP contribution in [0.2, 0.25) is 10.0 Å². The molecule has 0 heterocycles. The Morgan fingerprint density at radius 1 is 1.36 bits per heavy atom. The molecular weight excluding hydrogens is 245 g/mol. The molecule has 0 aliphatic carbocycles. The fraction of sp³-hybridized carbons (Fsp3) is 0.125. The lowest BCUT2D eigenvalue weighted by Gasteiger charge is -1.97. The van der Waals surface area contributed by atoms with Gasteiger partial charge in [0, 0.05) is 16.8 Å². The first-order valence-electron chi connectivity index (χ1n) is 3.59. The van der Waals surface area contributed by atoms with Crippen LogP contribution in [0.4, 0.5) is 0 Å². The summed E-state index contributed by atoms with van der Waals surface area (Å²) in [7, 11) is -3.37. The van der Waals surface area contributed by atoms with Crippen molar-refractivity contribution in [3.8, 4) is 0 Å². The number of nitrogens with zero attached hydrogens (tertiary/aromatic N) is 1. The molecule has 1 rings (SSSR count). The second-order valence-electron chi connectivity index (χ2n) is 2.63. The maximum Gasteiger partial charge on any atom is 0.250 e. The topological polar surface area (TPSA) is 46.5 Å². The van der Waals surface area contributed by atoms with E-state index in [1.807, 2.05) is 0 Å². The molecule has 0 aliphatic rings. The van der Waals surface area contributed by atoms with E-state index < -0.39 is 10.0 Å². The fourth-order valence-corrected chi connectivity index (χ4v) is 1.52. The molecule has 0 unspecified atom stereocenters. The highest BCUT2D eigenvalue weighted by molar-refractivity contribution is 7.89. The Labute approximate surface area is 92.4 Å². The van der Waals surface area contributed by atoms with Crippen LogP contribution in [0.5, 0.6) is 0 Å². The summed E-state index contributed by atoms with van der Waals surface area (Å²) in [4.78, 5) is 0. The van der Waals surface area contributed by atoms with E-state index in [9.17, 15) is 8.42 Å². The van der Waals surface area contributed by atoms with Gasteiger partial charge in [-0.2, -0.15) is 4.40 Å². The van der Waals surface area contributed by atoms with Crippen molar-refractivity contribution in [2.24, 2.45) is 4.40 Å². The van der Waals surface area contributed by atoms with Crippen LogP contribution in [-0.4, -0.2) is 20.9 Å². The second-order valence-corrected chi connectivity index (χ2v) is 5.15. The molecule has 14 heavy (non-hydrogen) atoms. The summed E-state index contributed by atoms with van der Waals surface area (Å²) in [6.45, 7) is 0. The lowest BCUT2D eigenvalue weighted by Crippen LogP contribution is -1.92. The Morgan fingerprint density at radius 3 is 2.50 bits per heavy atom. The Hall–Kier alpha value is -0.580. The van der Waals surface area contributed by atoms with Crippen molar-refractivity contribution in [3.63, 3.8) is 0 Å². The Kier molecular flexibility index (Phi) is 3.53. The van der Waals surface area contributed by atoms with E-state index in [0.717, 1.165) is 6.26 Å². The molecule has 3 nitrogen and oxygen atoms in total. The largest absolute Gasteiger partial charge is 0.250 e. The zero-order valence-corrected chi connectivity index (χ0v) is 9.57. The van der Waals surface area contributed by atoms with Gasteiger partial charge in [0.15, 0.2) is 0 Å². The van der Waals surface area contributed by atoms with Gasteiger partial charge in [-0.25, -0.2) is 8.42 Å². The van der Waals surface area contributed by atoms with Crippen LogP contribution in [0.3, 0.4) is 0 Å². The minimum Gasteiger partial charge on any atom is -0.205 e. The molecule has 1 aromatic carbocycles. The lowest BCUT2D eigenvalue weighted by molar-refractivity contribution is 0.604. The third-order valence-electron chi connectivity index (χ3n) is 1.35. The summed E-state index contributed by atoms with van der Waals surface area (Å²) in [5.74, 6) is 0. The third kappa shape index (κ3) is 3.65. The number of hydrogen-bond acceptors (Lipinski definition) is 2. The summed E-state index contributed by atoms with van der Waals surface area (Å²) >= 11 is 11.4. The van der Waals surface area contributed by atoms with Gasteiger partial charge in [-0.05, 0) is 12.1 Å². The Balaban J connectivity index is 3.05. The van der Waals surface area contributed by atoms with Crippen LogP contribution in [-0.2, 0) is 10.0 Å². The van der Waals surface area contributed by atoms with Crippen LogP contribution in [0.15, 0.2) is 22.6 Å². The van der Waals surface area contributed by atoms with Gasteiger partial charge in [0.05, 0.1) is 11.3 Å². The van der Waals surface area contributed by atoms with Crippen LogP contribution in [0, 0.1) is 0 Å². The minimum absolute atomic E-state index is 0.366. The molecule has 0 radical (unpaired) electrons. The van der Waals surface area contributed by atoms with Gasteiger partial charge in [-0.15, -0.1) is 0 Å². The molecule has 0 bridgehead atoms. The van der Waals surface area contributed by atoms with Crippen LogP contribution < -0.4 is 0 Å². The molecule has 1 aromatic rings. The first kappa shape index (κ1) is 11.5. The van der Waals surface area contributed by atoms with Crippen molar-refractivity contribution >= 4 is 39.4 Å². The molecule has 76 valence electrons. The van der Waals surface area contributed by atoms with E-state index >= 15 is 0 Å². The average Bonchev–Trinajstić information content (AvgIpc) is 2.00. The molecule has 0 amide bonds. The van der Waals surface area contributed by atoms with Gasteiger partial charge in [-0.3, -0.25) is 0 Å². The fourth-order valence-electron chi connectivity index (χ4n) is 0.759. The number of sulfonamides is 1. The van der Waals surface area contributed by atoms with Gasteiger partial charge >= 0.3 is 0 Å². The van der Waals surface area contributed by atoms with Gasteiger partial charge in [0.2, 0.25) is 10.0 Å². The molecule has 0 aromatic heterocycles. The summed E-state index contributed by atoms with van der Waals surface area (Å²) in [6, 6.07) is 4.73. The van der Waals surface area contributed by atoms with Gasteiger partial charge in [-0.1, -0.05) is 29.3 Å². The predicted molar refractivity (Wildman–Crippen MR) is 58.9 cm³/mol. The van der Waals surface area contributed by atoms with Crippen molar-refractivity contribution < 1.29 is 8.42 Å². The molecule has 0 saturated carbocycles. The third-order valence-corrected chi connectivity index (χ3v) is 2.40. The average molecular weight is 252 g/mol. The van der Waals surface area contributed by atoms with Crippen molar-refractivity contribution in [2.45, 2.75) is 0 Å². The first-order valence-corrected chi connectivity index (χ1v) is 6.19. The Bertz CT molecular complexity index is 468. The zero-order chi connectivity index (χ0) is 10.8. The van der Waals surface area contributed by atoms with E-state index in [1.165, 1.54) is 12.3 Å². The smallest absolute Gasteiger partial charge is 0.205 e. The summed E-state index contributed by atoms with van der Waals surface area (Å²) in [5.41, 5.74) is 0.515. The number of rotatable bonds is 2. The van der Waals surface area contributed by atoms with E-state index in [-0.39, 0.29) is 0 Å². The summed E-state index contributed by atoms with van der Waals surface area (Å²) in [6.07, 6.45) is 2.20. The molecule has 0 saturated heterocycles. The first-order chi connectivity index (χ1) is 6.38. The van der Waals surface area contributed by atoms with E-state index in [0.29, 0.717) is 15.6 Å². The summed E-state index contributed by atoms with van der Waals surface area (Å²) in [5, 5.41) is 0.858. The van der Waals surface area contributed by atoms with Gasteiger partial charge < -0.3 is 0 Å². The summed E-state index contributed by atoms with van der Waals surface area (Å²) < 4.78 is 24.8. The number of benzene rings is 1. The van der Waals surface area contributed by atoms with E-state index in [2.05, 4.69) is 4.40 Å². The van der Waals surface area contributed by atoms with Crippen molar-refractivity contribution in [3.05, 3.63) is 33.8 Å². The number of halogens is 2. The van der Waals surface area contributed by atoms with Crippen LogP contribution in [0.1, 0.15) is 5.56 Å². The van der Waals surface area contributed by atoms with Crippen LogP contribution >= 0.6 is 23.2 Å². The minimum atomic E-state index is -3.37. The number of hydrogen-bond donors (Lipinski definition) is 0. The zero-order valence-electron chi connectivity index (χ0n) is 7.24. The van der Waals surface area contributed by atoms with Gasteiger partial charge in [0.25, 0.3) is 0 Å². The molecule has 0 N–H and O–H groups in total. The molecule has 0 fully saturated rings. The Morgan fingerprint density at radius 2 is 2.00 bits per heavy atom. The highest BCUT2D eigenvalue weighted by atomic mass is 35.5. The standard InChI is InChI=1S/C8H7Cl2NO2S/c1-14(12,13)11-5-6-2-3-7(9)4-8(6)10/h2-5H,1H3.